The Morgan fingerprint density at radius 2 is 1.52 bits per heavy atom. The Balaban J connectivity index is 2.06. The number of carbonyl (C=O) groups excluding carboxylic acids is 3. The number of amides is 2. The maximum absolute atomic E-state index is 12.6. The highest BCUT2D eigenvalue weighted by atomic mass is 16.5. The van der Waals surface area contributed by atoms with E-state index >= 15 is 0 Å². The van der Waals surface area contributed by atoms with Crippen LogP contribution in [0.2, 0.25) is 0 Å². The van der Waals surface area contributed by atoms with Gasteiger partial charge in [0.2, 0.25) is 5.91 Å². The zero-order valence-corrected chi connectivity index (χ0v) is 14.0. The molecule has 2 N–H and O–H groups in total. The summed E-state index contributed by atoms with van der Waals surface area (Å²) in [4.78, 5) is 36.6. The van der Waals surface area contributed by atoms with Crippen LogP contribution in [0.15, 0.2) is 54.6 Å². The topological polar surface area (TPSA) is 84.5 Å². The monoisotopic (exact) mass is 340 g/mol. The largest absolute Gasteiger partial charge is 0.383 e. The summed E-state index contributed by atoms with van der Waals surface area (Å²) in [5.41, 5.74) is 1.03. The van der Waals surface area contributed by atoms with Crippen LogP contribution in [0, 0.1) is 0 Å². The van der Waals surface area contributed by atoms with Gasteiger partial charge in [0.15, 0.2) is 5.78 Å². The van der Waals surface area contributed by atoms with E-state index in [9.17, 15) is 14.4 Å². The van der Waals surface area contributed by atoms with Crippen molar-refractivity contribution in [2.24, 2.45) is 0 Å². The summed E-state index contributed by atoms with van der Waals surface area (Å²) in [5.74, 6) is -1.03. The van der Waals surface area contributed by atoms with Crippen LogP contribution in [0.3, 0.4) is 0 Å². The molecule has 0 aliphatic carbocycles. The van der Waals surface area contributed by atoms with Crippen LogP contribution in [-0.4, -0.2) is 44.4 Å². The molecule has 0 aliphatic heterocycles. The standard InChI is InChI=1S/C19H20N2O4/c1-25-12-11-20-17(22)13-21-19(24)16-10-6-5-9-15(16)18(23)14-7-3-2-4-8-14/h2-10H,11-13H2,1H3,(H,20,22)(H,21,24). The molecule has 0 aliphatic rings. The van der Waals surface area contributed by atoms with Crippen LogP contribution in [0.25, 0.3) is 0 Å². The van der Waals surface area contributed by atoms with Crippen molar-refractivity contribution in [3.63, 3.8) is 0 Å². The summed E-state index contributed by atoms with van der Waals surface area (Å²) in [6.45, 7) is 0.596. The van der Waals surface area contributed by atoms with Crippen LogP contribution in [0.1, 0.15) is 26.3 Å². The normalized spacial score (nSPS) is 10.1. The molecular formula is C19H20N2O4. The van der Waals surface area contributed by atoms with Crippen LogP contribution in [0.4, 0.5) is 0 Å². The molecule has 0 heterocycles. The van der Waals surface area contributed by atoms with Crippen LogP contribution in [0.5, 0.6) is 0 Å². The summed E-state index contributed by atoms with van der Waals surface area (Å²) in [6.07, 6.45) is 0. The van der Waals surface area contributed by atoms with Gasteiger partial charge in [-0.1, -0.05) is 48.5 Å². The predicted octanol–water partition coefficient (Wildman–Crippen LogP) is 1.41. The summed E-state index contributed by atoms with van der Waals surface area (Å²) in [7, 11) is 1.54. The van der Waals surface area contributed by atoms with Gasteiger partial charge >= 0.3 is 0 Å². The van der Waals surface area contributed by atoms with E-state index in [4.69, 9.17) is 4.74 Å². The number of nitrogens with one attached hydrogen (secondary N) is 2. The zero-order chi connectivity index (χ0) is 18.1. The van der Waals surface area contributed by atoms with E-state index < -0.39 is 5.91 Å². The molecule has 2 rings (SSSR count). The maximum Gasteiger partial charge on any atom is 0.252 e. The van der Waals surface area contributed by atoms with Crippen molar-refractivity contribution in [1.29, 1.82) is 0 Å². The summed E-state index contributed by atoms with van der Waals surface area (Å²) in [5, 5.41) is 5.14. The molecule has 0 bridgehead atoms. The third kappa shape index (κ3) is 5.26. The fraction of sp³-hybridized carbons (Fsp3) is 0.211. The minimum atomic E-state index is -0.471. The molecule has 0 atom stereocenters. The van der Waals surface area contributed by atoms with Crippen molar-refractivity contribution in [2.75, 3.05) is 26.8 Å². The number of carbonyl (C=O) groups is 3. The predicted molar refractivity (Wildman–Crippen MR) is 93.5 cm³/mol. The van der Waals surface area contributed by atoms with Crippen molar-refractivity contribution in [3.05, 3.63) is 71.3 Å². The number of methoxy groups -OCH3 is 1. The summed E-state index contributed by atoms with van der Waals surface area (Å²) < 4.78 is 4.83. The van der Waals surface area contributed by atoms with Gasteiger partial charge in [0.05, 0.1) is 18.7 Å². The van der Waals surface area contributed by atoms with Crippen molar-refractivity contribution in [2.45, 2.75) is 0 Å². The number of rotatable bonds is 8. The molecule has 25 heavy (non-hydrogen) atoms. The van der Waals surface area contributed by atoms with E-state index in [2.05, 4.69) is 10.6 Å². The second kappa shape index (κ2) is 9.34. The first-order valence-corrected chi connectivity index (χ1v) is 7.86. The molecule has 2 aromatic rings. The van der Waals surface area contributed by atoms with Gasteiger partial charge in [-0.2, -0.15) is 0 Å². The highest BCUT2D eigenvalue weighted by molar-refractivity contribution is 6.15. The third-order valence-corrected chi connectivity index (χ3v) is 3.49. The van der Waals surface area contributed by atoms with Crippen LogP contribution in [-0.2, 0) is 9.53 Å². The van der Waals surface area contributed by atoms with Gasteiger partial charge in [-0.25, -0.2) is 0 Å². The third-order valence-electron chi connectivity index (χ3n) is 3.49. The molecule has 0 radical (unpaired) electrons. The van der Waals surface area contributed by atoms with E-state index in [0.29, 0.717) is 24.3 Å². The van der Waals surface area contributed by atoms with Crippen molar-refractivity contribution >= 4 is 17.6 Å². The first-order valence-electron chi connectivity index (χ1n) is 7.86. The summed E-state index contributed by atoms with van der Waals surface area (Å²) in [6, 6.07) is 15.3. The lowest BCUT2D eigenvalue weighted by molar-refractivity contribution is -0.120. The lowest BCUT2D eigenvalue weighted by Gasteiger charge is -2.10. The van der Waals surface area contributed by atoms with Crippen LogP contribution >= 0.6 is 0 Å². The molecular weight excluding hydrogens is 320 g/mol. The van der Waals surface area contributed by atoms with E-state index in [1.807, 2.05) is 6.07 Å². The lowest BCUT2D eigenvalue weighted by Crippen LogP contribution is -2.38. The quantitative estimate of drug-likeness (QED) is 0.562. The molecule has 2 amide bonds. The van der Waals surface area contributed by atoms with Gasteiger partial charge in [0.1, 0.15) is 0 Å². The van der Waals surface area contributed by atoms with E-state index in [1.165, 1.54) is 7.11 Å². The number of benzene rings is 2. The van der Waals surface area contributed by atoms with Crippen molar-refractivity contribution < 1.29 is 19.1 Å². The van der Waals surface area contributed by atoms with Gasteiger partial charge in [0, 0.05) is 24.8 Å². The number of ketones is 1. The number of ether oxygens (including phenoxy) is 1. The minimum Gasteiger partial charge on any atom is -0.383 e. The second-order valence-electron chi connectivity index (χ2n) is 5.27. The first kappa shape index (κ1) is 18.4. The SMILES string of the molecule is COCCNC(=O)CNC(=O)c1ccccc1C(=O)c1ccccc1. The Labute approximate surface area is 146 Å². The molecule has 0 saturated heterocycles. The van der Waals surface area contributed by atoms with Crippen molar-refractivity contribution in [1.82, 2.24) is 10.6 Å². The molecule has 6 heteroatoms. The second-order valence-corrected chi connectivity index (χ2v) is 5.27. The molecule has 130 valence electrons. The van der Waals surface area contributed by atoms with E-state index in [1.54, 1.807) is 48.5 Å². The average Bonchev–Trinajstić information content (AvgIpc) is 2.66. The molecule has 0 unspecified atom stereocenters. The van der Waals surface area contributed by atoms with Gasteiger partial charge < -0.3 is 15.4 Å². The molecule has 0 fully saturated rings. The first-order chi connectivity index (χ1) is 12.1. The van der Waals surface area contributed by atoms with Gasteiger partial charge in [0.25, 0.3) is 5.91 Å². The molecule has 0 saturated carbocycles. The van der Waals surface area contributed by atoms with Gasteiger partial charge in [-0.05, 0) is 6.07 Å². The molecule has 6 nitrogen and oxygen atoms in total. The highest BCUT2D eigenvalue weighted by Gasteiger charge is 2.18. The molecule has 2 aromatic carbocycles. The maximum atomic E-state index is 12.6. The number of hydrogen-bond donors (Lipinski definition) is 2. The summed E-state index contributed by atoms with van der Waals surface area (Å²) >= 11 is 0. The number of hydrogen-bond acceptors (Lipinski definition) is 4. The lowest BCUT2D eigenvalue weighted by atomic mass is 9.98. The Hall–Kier alpha value is -2.99. The highest BCUT2D eigenvalue weighted by Crippen LogP contribution is 2.14. The Kier molecular flexibility index (Phi) is 6.86. The van der Waals surface area contributed by atoms with Gasteiger partial charge in [-0.3, -0.25) is 14.4 Å². The Morgan fingerprint density at radius 3 is 2.20 bits per heavy atom. The van der Waals surface area contributed by atoms with Crippen LogP contribution < -0.4 is 10.6 Å². The fourth-order valence-electron chi connectivity index (χ4n) is 2.23. The van der Waals surface area contributed by atoms with E-state index in [0.717, 1.165) is 0 Å². The molecule has 0 aromatic heterocycles. The fourth-order valence-corrected chi connectivity index (χ4v) is 2.23. The minimum absolute atomic E-state index is 0.170. The average molecular weight is 340 g/mol. The van der Waals surface area contributed by atoms with E-state index in [-0.39, 0.29) is 23.8 Å². The van der Waals surface area contributed by atoms with Crippen molar-refractivity contribution in [3.8, 4) is 0 Å². The Morgan fingerprint density at radius 1 is 0.880 bits per heavy atom. The zero-order valence-electron chi connectivity index (χ0n) is 14.0. The Bertz CT molecular complexity index is 744. The van der Waals surface area contributed by atoms with Gasteiger partial charge in [-0.15, -0.1) is 0 Å². The molecule has 0 spiro atoms. The smallest absolute Gasteiger partial charge is 0.252 e.